The van der Waals surface area contributed by atoms with E-state index in [0.717, 1.165) is 10.8 Å². The third-order valence-electron chi connectivity index (χ3n) is 5.64. The van der Waals surface area contributed by atoms with Crippen LogP contribution in [0, 0.1) is 5.92 Å². The van der Waals surface area contributed by atoms with Crippen molar-refractivity contribution in [2.75, 3.05) is 0 Å². The molecule has 3 heterocycles. The van der Waals surface area contributed by atoms with Crippen molar-refractivity contribution >= 4 is 23.6 Å². The number of pyridine rings is 1. The monoisotopic (exact) mass is 360 g/mol. The third kappa shape index (κ3) is 3.29. The number of nitrogens with zero attached hydrogens (tertiary/aromatic N) is 2. The molecule has 0 amide bonds. The molecule has 1 aliphatic heterocycles. The molecule has 0 aromatic carbocycles. The number of hydrogen-bond acceptors (Lipinski definition) is 5. The van der Waals surface area contributed by atoms with Gasteiger partial charge in [-0.25, -0.2) is 4.98 Å². The Kier molecular flexibility index (Phi) is 4.94. The van der Waals surface area contributed by atoms with E-state index in [-0.39, 0.29) is 6.10 Å². The Morgan fingerprint density at radius 3 is 2.35 bits per heavy atom. The van der Waals surface area contributed by atoms with E-state index in [4.69, 9.17) is 14.0 Å². The molecule has 26 heavy (non-hydrogen) atoms. The highest BCUT2D eigenvalue weighted by Crippen LogP contribution is 2.37. The average Bonchev–Trinajstić information content (AvgIpc) is 3.02. The van der Waals surface area contributed by atoms with Crippen LogP contribution in [0.15, 0.2) is 24.5 Å². The van der Waals surface area contributed by atoms with E-state index in [9.17, 15) is 5.11 Å². The minimum atomic E-state index is -1.12. The van der Waals surface area contributed by atoms with E-state index >= 15 is 0 Å². The van der Waals surface area contributed by atoms with Crippen molar-refractivity contribution < 1.29 is 19.2 Å². The number of aliphatic hydroxyl groups excluding tert-OH is 1. The lowest BCUT2D eigenvalue weighted by Crippen LogP contribution is -2.41. The largest absolute Gasteiger partial charge is 0.497 e. The smallest absolute Gasteiger partial charge is 0.399 e. The van der Waals surface area contributed by atoms with E-state index in [1.165, 1.54) is 0 Å². The van der Waals surface area contributed by atoms with Crippen LogP contribution in [0.25, 0.3) is 11.0 Å². The first-order valence-electron chi connectivity index (χ1n) is 9.18. The molecule has 0 spiro atoms. The predicted molar refractivity (Wildman–Crippen MR) is 102 cm³/mol. The molecule has 0 aliphatic carbocycles. The van der Waals surface area contributed by atoms with E-state index in [1.54, 1.807) is 10.8 Å². The van der Waals surface area contributed by atoms with E-state index in [0.29, 0.717) is 11.6 Å². The maximum Gasteiger partial charge on any atom is 0.497 e. The number of aromatic nitrogens is 2. The summed E-state index contributed by atoms with van der Waals surface area (Å²) in [6.45, 7) is 14.1. The van der Waals surface area contributed by atoms with E-state index in [1.807, 2.05) is 52.9 Å². The highest BCUT2D eigenvalue weighted by molar-refractivity contribution is 6.65. The van der Waals surface area contributed by atoms with Gasteiger partial charge in [0.25, 0.3) is 0 Å². The fourth-order valence-electron chi connectivity index (χ4n) is 2.85. The van der Waals surface area contributed by atoms with Gasteiger partial charge in [0, 0.05) is 23.2 Å². The lowest BCUT2D eigenvalue weighted by atomic mass is 9.79. The van der Waals surface area contributed by atoms with E-state index in [2.05, 4.69) is 18.8 Å². The summed E-state index contributed by atoms with van der Waals surface area (Å²) in [5.74, 6) is 0.294. The van der Waals surface area contributed by atoms with Crippen molar-refractivity contribution in [1.29, 1.82) is 0 Å². The van der Waals surface area contributed by atoms with Crippen molar-refractivity contribution in [3.05, 3.63) is 24.5 Å². The van der Waals surface area contributed by atoms with Gasteiger partial charge in [0.2, 0.25) is 6.41 Å². The first-order valence-corrected chi connectivity index (χ1v) is 9.18. The van der Waals surface area contributed by atoms with Gasteiger partial charge in [0.15, 0.2) is 0 Å². The van der Waals surface area contributed by atoms with Crippen LogP contribution in [0.4, 0.5) is 0 Å². The Bertz CT molecular complexity index is 771. The average molecular weight is 360 g/mol. The molecule has 3 rings (SSSR count). The molecule has 0 saturated carbocycles. The maximum atomic E-state index is 10.6. The fourth-order valence-corrected chi connectivity index (χ4v) is 2.85. The molecule has 0 radical (unpaired) electrons. The summed E-state index contributed by atoms with van der Waals surface area (Å²) in [6.07, 6.45) is 2.30. The summed E-state index contributed by atoms with van der Waals surface area (Å²) in [5, 5.41) is 11.5. The van der Waals surface area contributed by atoms with Crippen molar-refractivity contribution in [1.82, 2.24) is 9.55 Å². The molecular formula is C19H29BN2O4. The zero-order chi connectivity index (χ0) is 19.3. The van der Waals surface area contributed by atoms with Crippen LogP contribution in [0.2, 0.25) is 0 Å². The molecule has 6 nitrogen and oxygen atoms in total. The lowest BCUT2D eigenvalue weighted by Gasteiger charge is -2.32. The van der Waals surface area contributed by atoms with Crippen LogP contribution >= 0.6 is 0 Å². The van der Waals surface area contributed by atoms with Gasteiger partial charge < -0.3 is 19.2 Å². The molecule has 7 heteroatoms. The maximum absolute atomic E-state index is 10.6. The second-order valence-corrected chi connectivity index (χ2v) is 8.37. The zero-order valence-corrected chi connectivity index (χ0v) is 16.7. The molecule has 1 fully saturated rings. The summed E-state index contributed by atoms with van der Waals surface area (Å²) in [7, 11) is -0.525. The normalized spacial score (nSPS) is 21.5. The fraction of sp³-hybridized carbons (Fsp3) is 0.632. The minimum absolute atomic E-state index is 0.0912. The molecule has 2 aromatic rings. The summed E-state index contributed by atoms with van der Waals surface area (Å²) in [4.78, 5) is 4.43. The van der Waals surface area contributed by atoms with Crippen LogP contribution in [0.1, 0.15) is 54.9 Å². The van der Waals surface area contributed by atoms with Gasteiger partial charge in [0.1, 0.15) is 5.65 Å². The van der Waals surface area contributed by atoms with Gasteiger partial charge in [-0.1, -0.05) is 19.9 Å². The summed E-state index contributed by atoms with van der Waals surface area (Å²) in [5.41, 5.74) is 0.609. The Labute approximate surface area is 155 Å². The number of ether oxygens (including phenoxy) is 1. The van der Waals surface area contributed by atoms with Crippen LogP contribution in [-0.4, -0.2) is 39.1 Å². The van der Waals surface area contributed by atoms with Crippen molar-refractivity contribution in [3.8, 4) is 0 Å². The van der Waals surface area contributed by atoms with Gasteiger partial charge in [-0.15, -0.1) is 0 Å². The molecule has 142 valence electrons. The zero-order valence-electron chi connectivity index (χ0n) is 16.7. The number of aliphatic hydroxyl groups is 1. The van der Waals surface area contributed by atoms with Crippen molar-refractivity contribution in [2.45, 2.75) is 72.2 Å². The van der Waals surface area contributed by atoms with Crippen LogP contribution in [0.5, 0.6) is 0 Å². The second-order valence-electron chi connectivity index (χ2n) is 8.37. The van der Waals surface area contributed by atoms with Gasteiger partial charge in [-0.2, -0.15) is 0 Å². The quantitative estimate of drug-likeness (QED) is 0.656. The molecule has 2 atom stereocenters. The molecule has 2 aromatic heterocycles. The Morgan fingerprint density at radius 1 is 1.15 bits per heavy atom. The van der Waals surface area contributed by atoms with Crippen LogP contribution in [0.3, 0.4) is 0 Å². The Hall–Kier alpha value is -1.41. The highest BCUT2D eigenvalue weighted by atomic mass is 16.7. The molecule has 0 bridgehead atoms. The van der Waals surface area contributed by atoms with Gasteiger partial charge in [0.05, 0.1) is 17.3 Å². The molecule has 1 saturated heterocycles. The van der Waals surface area contributed by atoms with Crippen molar-refractivity contribution in [3.63, 3.8) is 0 Å². The van der Waals surface area contributed by atoms with Gasteiger partial charge in [-0.3, -0.25) is 4.57 Å². The first kappa shape index (κ1) is 19.4. The van der Waals surface area contributed by atoms with E-state index < -0.39 is 24.7 Å². The second kappa shape index (κ2) is 6.64. The van der Waals surface area contributed by atoms with Crippen molar-refractivity contribution in [2.24, 2.45) is 5.92 Å². The highest BCUT2D eigenvalue weighted by Gasteiger charge is 2.52. The summed E-state index contributed by atoms with van der Waals surface area (Å²) in [6, 6.07) is 3.82. The first-order chi connectivity index (χ1) is 12.0. The number of rotatable bonds is 5. The summed E-state index contributed by atoms with van der Waals surface area (Å²) >= 11 is 0. The number of fused-ring (bicyclic) bond motifs is 1. The molecule has 1 aliphatic rings. The summed E-state index contributed by atoms with van der Waals surface area (Å²) < 4.78 is 19.8. The molecular weight excluding hydrogens is 331 g/mol. The van der Waals surface area contributed by atoms with Crippen LogP contribution in [-0.2, 0) is 14.0 Å². The van der Waals surface area contributed by atoms with Crippen LogP contribution < -0.4 is 5.46 Å². The number of hydrogen-bond donors (Lipinski definition) is 1. The van der Waals surface area contributed by atoms with Gasteiger partial charge >= 0.3 is 7.12 Å². The topological polar surface area (TPSA) is 65.7 Å². The third-order valence-corrected chi connectivity index (χ3v) is 5.64. The van der Waals surface area contributed by atoms with Gasteiger partial charge in [-0.05, 0) is 46.6 Å². The predicted octanol–water partition coefficient (Wildman–Crippen LogP) is 2.85. The Balaban J connectivity index is 1.99. The minimum Gasteiger partial charge on any atom is -0.399 e. The molecule has 2 unspecified atom stereocenters. The molecule has 1 N–H and O–H groups in total. The standard InChI is InChI=1S/C19H29BN2O4/c1-12(2)13(3)24-17(23)22-11-15(14-9-8-10-21-16(14)22)20-25-18(4,5)19(6,7)26-20/h8-13,17,23H,1-7H3. The lowest BCUT2D eigenvalue weighted by molar-refractivity contribution is -0.186. The Morgan fingerprint density at radius 2 is 1.77 bits per heavy atom. The SMILES string of the molecule is CC(C)C(C)OC(O)n1cc(B2OC(C)(C)C(C)(C)O2)c2cccnc21.